The monoisotopic (exact) mass is 653 g/mol. The number of nitrogens with two attached hydrogens (primary N) is 1. The van der Waals surface area contributed by atoms with E-state index in [1.165, 1.54) is 17.7 Å². The van der Waals surface area contributed by atoms with Gasteiger partial charge in [-0.25, -0.2) is 0 Å². The van der Waals surface area contributed by atoms with Crippen molar-refractivity contribution >= 4 is 22.7 Å². The largest absolute Gasteiger partial charge is 0.497 e. The molecule has 4 N–H and O–H groups in total. The van der Waals surface area contributed by atoms with Crippen LogP contribution < -0.4 is 15.8 Å². The molecule has 1 saturated heterocycles. The summed E-state index contributed by atoms with van der Waals surface area (Å²) in [6.07, 6.45) is 3.42. The van der Waals surface area contributed by atoms with Crippen molar-refractivity contribution in [1.29, 1.82) is 0 Å². The normalized spacial score (nSPS) is 18.3. The Labute approximate surface area is 274 Å². The Balaban J connectivity index is 1.24. The number of hydrogen-bond donors (Lipinski definition) is 3. The number of alkyl halides is 3. The van der Waals surface area contributed by atoms with Crippen LogP contribution in [0, 0.1) is 5.92 Å². The molecule has 0 bridgehead atoms. The van der Waals surface area contributed by atoms with Gasteiger partial charge in [-0.1, -0.05) is 25.3 Å². The quantitative estimate of drug-likeness (QED) is 0.217. The molecule has 1 aliphatic carbocycles. The van der Waals surface area contributed by atoms with Crippen LogP contribution in [0.4, 0.5) is 13.2 Å². The molecule has 6 rings (SSSR count). The number of aromatic amines is 1. The van der Waals surface area contributed by atoms with Crippen LogP contribution in [0.3, 0.4) is 0 Å². The number of aromatic nitrogens is 1. The number of methoxy groups -OCH3 is 1. The zero-order valence-electron chi connectivity index (χ0n) is 27.2. The molecule has 47 heavy (non-hydrogen) atoms. The number of amides is 2. The number of nitrogens with zero attached hydrogens (tertiary/aromatic N) is 2. The number of ether oxygens (including phenoxy) is 1. The van der Waals surface area contributed by atoms with Crippen molar-refractivity contribution in [2.45, 2.75) is 82.5 Å². The Bertz CT molecular complexity index is 1590. The lowest BCUT2D eigenvalue weighted by Crippen LogP contribution is -2.53. The standard InChI is InChI=1S/C36H46F3N5O3/c1-47-27-11-12-28-30(20-27)42-31-22-43(23-35(32(28)31)13-17-44(18-14-35)34(46)24-7-6-8-24)21-26-10-9-25(19-29(26)36(37,38)39)33(45)41-16-5-3-2-4-15-40/h9-12,19-20,24,42H,2-8,13-18,21-23,40H2,1H3,(H,41,45). The minimum absolute atomic E-state index is 0.00787. The Morgan fingerprint density at radius 1 is 1.06 bits per heavy atom. The van der Waals surface area contributed by atoms with Gasteiger partial charge in [0.1, 0.15) is 5.75 Å². The molecular weight excluding hydrogens is 607 g/mol. The van der Waals surface area contributed by atoms with Gasteiger partial charge in [0.05, 0.1) is 12.7 Å². The van der Waals surface area contributed by atoms with E-state index >= 15 is 0 Å². The maximum atomic E-state index is 14.5. The second-order valence-corrected chi connectivity index (χ2v) is 13.6. The molecular formula is C36H46F3N5O3. The number of H-pyrrole nitrogens is 1. The van der Waals surface area contributed by atoms with Crippen LogP contribution in [0.5, 0.6) is 5.75 Å². The van der Waals surface area contributed by atoms with Crippen LogP contribution in [-0.2, 0) is 29.5 Å². The van der Waals surface area contributed by atoms with E-state index in [1.54, 1.807) is 7.11 Å². The lowest BCUT2D eigenvalue weighted by atomic mass is 9.69. The molecule has 2 fully saturated rings. The molecule has 8 nitrogen and oxygen atoms in total. The molecule has 3 aliphatic rings. The smallest absolute Gasteiger partial charge is 0.416 e. The highest BCUT2D eigenvalue weighted by atomic mass is 19.4. The Hall–Kier alpha value is -3.57. The molecule has 2 amide bonds. The SMILES string of the molecule is COc1ccc2c3c([nH]c2c1)CN(Cc1ccc(C(=O)NCCCCCCN)cc1C(F)(F)F)CC31CCN(C(=O)C2CCC2)CC1. The molecule has 1 spiro atoms. The third-order valence-corrected chi connectivity index (χ3v) is 10.5. The van der Waals surface area contributed by atoms with Gasteiger partial charge in [-0.05, 0) is 80.5 Å². The minimum atomic E-state index is -4.61. The number of hydrogen-bond acceptors (Lipinski definition) is 5. The lowest BCUT2D eigenvalue weighted by Gasteiger charge is -2.48. The Kier molecular flexibility index (Phi) is 9.85. The van der Waals surface area contributed by atoms with Gasteiger partial charge < -0.3 is 25.7 Å². The van der Waals surface area contributed by atoms with Crippen LogP contribution in [0.2, 0.25) is 0 Å². The van der Waals surface area contributed by atoms with Crippen LogP contribution >= 0.6 is 0 Å². The topological polar surface area (TPSA) is 104 Å². The fourth-order valence-corrected chi connectivity index (χ4v) is 7.75. The summed E-state index contributed by atoms with van der Waals surface area (Å²) in [7, 11) is 1.63. The first-order valence-electron chi connectivity index (χ1n) is 17.0. The van der Waals surface area contributed by atoms with Crippen molar-refractivity contribution < 1.29 is 27.5 Å². The van der Waals surface area contributed by atoms with Gasteiger partial charge in [-0.15, -0.1) is 0 Å². The molecule has 0 unspecified atom stereocenters. The van der Waals surface area contributed by atoms with E-state index in [2.05, 4.69) is 21.3 Å². The molecule has 3 heterocycles. The molecule has 0 atom stereocenters. The van der Waals surface area contributed by atoms with Gasteiger partial charge in [0.2, 0.25) is 5.91 Å². The second kappa shape index (κ2) is 13.9. The third kappa shape index (κ3) is 7.02. The van der Waals surface area contributed by atoms with Gasteiger partial charge in [0.25, 0.3) is 5.91 Å². The highest BCUT2D eigenvalue weighted by Gasteiger charge is 2.46. The van der Waals surface area contributed by atoms with E-state index in [0.29, 0.717) is 39.3 Å². The van der Waals surface area contributed by atoms with Crippen LogP contribution in [0.25, 0.3) is 10.9 Å². The lowest BCUT2D eigenvalue weighted by molar-refractivity contribution is -0.140. The van der Waals surface area contributed by atoms with Gasteiger partial charge in [-0.3, -0.25) is 14.5 Å². The van der Waals surface area contributed by atoms with Gasteiger partial charge >= 0.3 is 6.18 Å². The molecule has 11 heteroatoms. The Morgan fingerprint density at radius 2 is 1.83 bits per heavy atom. The van der Waals surface area contributed by atoms with Gasteiger partial charge in [-0.2, -0.15) is 13.2 Å². The van der Waals surface area contributed by atoms with Crippen molar-refractivity contribution in [2.75, 3.05) is 39.8 Å². The van der Waals surface area contributed by atoms with E-state index in [4.69, 9.17) is 10.5 Å². The van der Waals surface area contributed by atoms with E-state index in [1.807, 2.05) is 17.0 Å². The number of nitrogens with one attached hydrogen (secondary N) is 2. The predicted molar refractivity (Wildman–Crippen MR) is 175 cm³/mol. The average Bonchev–Trinajstić information content (AvgIpc) is 3.40. The number of rotatable bonds is 11. The fourth-order valence-electron chi connectivity index (χ4n) is 7.75. The third-order valence-electron chi connectivity index (χ3n) is 10.5. The average molecular weight is 654 g/mol. The van der Waals surface area contributed by atoms with Gasteiger partial charge in [0, 0.05) is 78.8 Å². The zero-order valence-corrected chi connectivity index (χ0v) is 27.2. The Morgan fingerprint density at radius 3 is 2.51 bits per heavy atom. The first-order valence-corrected chi connectivity index (χ1v) is 17.0. The number of benzene rings is 2. The van der Waals surface area contributed by atoms with Crippen LogP contribution in [0.1, 0.15) is 90.5 Å². The summed E-state index contributed by atoms with van der Waals surface area (Å²) in [4.78, 5) is 33.5. The van der Waals surface area contributed by atoms with E-state index in [9.17, 15) is 22.8 Å². The van der Waals surface area contributed by atoms with Crippen molar-refractivity contribution in [3.8, 4) is 5.75 Å². The summed E-state index contributed by atoms with van der Waals surface area (Å²) in [5, 5.41) is 3.86. The minimum Gasteiger partial charge on any atom is -0.497 e. The highest BCUT2D eigenvalue weighted by molar-refractivity contribution is 5.94. The molecule has 2 aromatic carbocycles. The van der Waals surface area contributed by atoms with E-state index in [0.717, 1.165) is 86.2 Å². The highest BCUT2D eigenvalue weighted by Crippen LogP contribution is 2.47. The first-order chi connectivity index (χ1) is 22.6. The molecule has 1 saturated carbocycles. The van der Waals surface area contributed by atoms with Crippen LogP contribution in [0.15, 0.2) is 36.4 Å². The van der Waals surface area contributed by atoms with E-state index < -0.39 is 17.6 Å². The summed E-state index contributed by atoms with van der Waals surface area (Å²) in [6.45, 7) is 3.42. The van der Waals surface area contributed by atoms with Crippen LogP contribution in [-0.4, -0.2) is 66.4 Å². The van der Waals surface area contributed by atoms with Crippen molar-refractivity contribution in [1.82, 2.24) is 20.1 Å². The van der Waals surface area contributed by atoms with E-state index in [-0.39, 0.29) is 34.9 Å². The zero-order chi connectivity index (χ0) is 33.2. The predicted octanol–water partition coefficient (Wildman–Crippen LogP) is 6.12. The number of likely N-dealkylation sites (tertiary alicyclic amines) is 1. The number of unbranched alkanes of at least 4 members (excludes halogenated alkanes) is 3. The molecule has 0 radical (unpaired) electrons. The maximum Gasteiger partial charge on any atom is 0.416 e. The summed E-state index contributed by atoms with van der Waals surface area (Å²) in [5.41, 5.74) is 7.72. The summed E-state index contributed by atoms with van der Waals surface area (Å²) < 4.78 is 48.9. The summed E-state index contributed by atoms with van der Waals surface area (Å²) >= 11 is 0. The number of carbonyl (C=O) groups is 2. The number of halogens is 3. The summed E-state index contributed by atoms with van der Waals surface area (Å²) in [5.74, 6) is 0.607. The maximum absolute atomic E-state index is 14.5. The van der Waals surface area contributed by atoms with Crippen molar-refractivity contribution in [3.05, 3.63) is 64.3 Å². The number of piperidine rings is 1. The molecule has 1 aromatic heterocycles. The molecule has 2 aliphatic heterocycles. The molecule has 254 valence electrons. The van der Waals surface area contributed by atoms with Gasteiger partial charge in [0.15, 0.2) is 0 Å². The summed E-state index contributed by atoms with van der Waals surface area (Å²) in [6, 6.07) is 9.92. The molecule has 3 aromatic rings. The fraction of sp³-hybridized carbons (Fsp3) is 0.556. The van der Waals surface area contributed by atoms with Crippen molar-refractivity contribution in [3.63, 3.8) is 0 Å². The number of carbonyl (C=O) groups excluding carboxylic acids is 2. The first kappa shape index (κ1) is 33.3. The van der Waals surface area contributed by atoms with Crippen molar-refractivity contribution in [2.24, 2.45) is 11.7 Å². The second-order valence-electron chi connectivity index (χ2n) is 13.6. The number of fused-ring (bicyclic) bond motifs is 4.